The summed E-state index contributed by atoms with van der Waals surface area (Å²) < 4.78 is 4.54. The smallest absolute Gasteiger partial charge is 0.407 e. The van der Waals surface area contributed by atoms with E-state index in [-0.39, 0.29) is 12.2 Å². The largest absolute Gasteiger partial charge is 0.453 e. The van der Waals surface area contributed by atoms with Crippen molar-refractivity contribution in [3.8, 4) is 0 Å². The second kappa shape index (κ2) is 6.92. The normalized spacial score (nSPS) is 14.6. The molecule has 7 heteroatoms. The summed E-state index contributed by atoms with van der Waals surface area (Å²) in [5.74, 6) is 0. The molecule has 1 N–H and O–H groups in total. The molecule has 0 bridgehead atoms. The van der Waals surface area contributed by atoms with Crippen LogP contribution in [0.25, 0.3) is 0 Å². The number of nitro groups is 1. The molecule has 0 atom stereocenters. The number of hydrogen-bond donors (Lipinski definition) is 1. The molecule has 0 aromatic heterocycles. The van der Waals surface area contributed by atoms with Gasteiger partial charge in [0.05, 0.1) is 12.0 Å². The topological polar surface area (TPSA) is 84.7 Å². The molecule has 0 spiro atoms. The number of rotatable bonds is 4. The van der Waals surface area contributed by atoms with E-state index in [2.05, 4.69) is 15.0 Å². The van der Waals surface area contributed by atoms with Crippen molar-refractivity contribution in [3.63, 3.8) is 0 Å². The van der Waals surface area contributed by atoms with Crippen molar-refractivity contribution in [2.45, 2.75) is 25.8 Å². The molecule has 1 heterocycles. The first-order valence-corrected chi connectivity index (χ1v) is 6.96. The molecule has 1 saturated heterocycles. The van der Waals surface area contributed by atoms with Gasteiger partial charge < -0.3 is 15.0 Å². The third kappa shape index (κ3) is 3.84. The fourth-order valence-corrected chi connectivity index (χ4v) is 2.51. The molecule has 1 aromatic rings. The Labute approximate surface area is 123 Å². The zero-order chi connectivity index (χ0) is 15.2. The first-order valence-electron chi connectivity index (χ1n) is 6.96. The van der Waals surface area contributed by atoms with Crippen LogP contribution >= 0.6 is 0 Å². The van der Waals surface area contributed by atoms with Crippen LogP contribution in [0.5, 0.6) is 0 Å². The van der Waals surface area contributed by atoms with Gasteiger partial charge in [-0.1, -0.05) is 0 Å². The molecule has 0 radical (unpaired) electrons. The highest BCUT2D eigenvalue weighted by Gasteiger charge is 2.18. The molecule has 1 aromatic carbocycles. The molecule has 0 saturated carbocycles. The van der Waals surface area contributed by atoms with Crippen LogP contribution in [0.2, 0.25) is 0 Å². The van der Waals surface area contributed by atoms with Gasteiger partial charge in [-0.2, -0.15) is 0 Å². The van der Waals surface area contributed by atoms with Crippen LogP contribution < -0.4 is 10.2 Å². The number of anilines is 1. The van der Waals surface area contributed by atoms with Crippen molar-refractivity contribution in [2.75, 3.05) is 25.1 Å². The average Bonchev–Trinajstić information content (AvgIpc) is 2.53. The van der Waals surface area contributed by atoms with Crippen LogP contribution in [0.15, 0.2) is 18.2 Å². The zero-order valence-corrected chi connectivity index (χ0v) is 12.0. The van der Waals surface area contributed by atoms with Crippen molar-refractivity contribution < 1.29 is 14.5 Å². The number of carbonyl (C=O) groups is 1. The molecule has 114 valence electrons. The molecule has 7 nitrogen and oxygen atoms in total. The Kier molecular flexibility index (Phi) is 4.97. The summed E-state index contributed by atoms with van der Waals surface area (Å²) in [7, 11) is 1.29. The number of benzene rings is 1. The quantitative estimate of drug-likeness (QED) is 0.680. The highest BCUT2D eigenvalue weighted by atomic mass is 16.6. The molecular formula is C14H19N3O4. The predicted octanol–water partition coefficient (Wildman–Crippen LogP) is 2.44. The number of hydrogen-bond acceptors (Lipinski definition) is 5. The number of methoxy groups -OCH3 is 1. The minimum absolute atomic E-state index is 0.0254. The highest BCUT2D eigenvalue weighted by Crippen LogP contribution is 2.27. The monoisotopic (exact) mass is 293 g/mol. The summed E-state index contributed by atoms with van der Waals surface area (Å²) in [5, 5.41) is 13.5. The van der Waals surface area contributed by atoms with E-state index in [1.807, 2.05) is 0 Å². The summed E-state index contributed by atoms with van der Waals surface area (Å²) >= 11 is 0. The van der Waals surface area contributed by atoms with E-state index in [4.69, 9.17) is 0 Å². The molecule has 1 amide bonds. The minimum atomic E-state index is -0.550. The Morgan fingerprint density at radius 1 is 1.38 bits per heavy atom. The Morgan fingerprint density at radius 3 is 2.71 bits per heavy atom. The molecule has 0 aliphatic carbocycles. The summed E-state index contributed by atoms with van der Waals surface area (Å²) in [5.41, 5.74) is 1.70. The van der Waals surface area contributed by atoms with E-state index >= 15 is 0 Å². The number of nitrogens with zero attached hydrogens (tertiary/aromatic N) is 2. The molecule has 1 aliphatic rings. The highest BCUT2D eigenvalue weighted by molar-refractivity contribution is 5.68. The van der Waals surface area contributed by atoms with Crippen LogP contribution in [0.1, 0.15) is 24.8 Å². The van der Waals surface area contributed by atoms with Crippen LogP contribution in [0, 0.1) is 10.1 Å². The Bertz CT molecular complexity index is 527. The summed E-state index contributed by atoms with van der Waals surface area (Å²) in [6, 6.07) is 4.78. The van der Waals surface area contributed by atoms with Crippen molar-refractivity contribution in [2.24, 2.45) is 0 Å². The Morgan fingerprint density at radius 2 is 2.10 bits per heavy atom. The fraction of sp³-hybridized carbons (Fsp3) is 0.500. The first-order chi connectivity index (χ1) is 10.1. The predicted molar refractivity (Wildman–Crippen MR) is 78.4 cm³/mol. The molecule has 1 aliphatic heterocycles. The standard InChI is InChI=1S/C14H19N3O4/c1-21-14(18)15-10-11-9-12(17(19)20)5-6-13(11)16-7-3-2-4-8-16/h5-6,9H,2-4,7-8,10H2,1H3,(H,15,18). The molecule has 1 fully saturated rings. The lowest BCUT2D eigenvalue weighted by Gasteiger charge is -2.30. The maximum absolute atomic E-state index is 11.2. The number of nitrogens with one attached hydrogen (secondary N) is 1. The second-order valence-electron chi connectivity index (χ2n) is 4.96. The Hall–Kier alpha value is -2.31. The third-order valence-corrected chi connectivity index (χ3v) is 3.58. The van der Waals surface area contributed by atoms with Crippen LogP contribution in [-0.4, -0.2) is 31.2 Å². The van der Waals surface area contributed by atoms with Crippen molar-refractivity contribution >= 4 is 17.5 Å². The first kappa shape index (κ1) is 15.1. The van der Waals surface area contributed by atoms with Gasteiger partial charge in [-0.25, -0.2) is 4.79 Å². The number of alkyl carbamates (subject to hydrolysis) is 1. The lowest BCUT2D eigenvalue weighted by atomic mass is 10.1. The Balaban J connectivity index is 2.24. The van der Waals surface area contributed by atoms with E-state index in [9.17, 15) is 14.9 Å². The van der Waals surface area contributed by atoms with E-state index in [0.29, 0.717) is 0 Å². The maximum Gasteiger partial charge on any atom is 0.407 e. The van der Waals surface area contributed by atoms with Gasteiger partial charge in [0, 0.05) is 43.0 Å². The SMILES string of the molecule is COC(=O)NCc1cc([N+](=O)[O-])ccc1N1CCCCC1. The van der Waals surface area contributed by atoms with Gasteiger partial charge >= 0.3 is 6.09 Å². The van der Waals surface area contributed by atoms with Gasteiger partial charge in [-0.05, 0) is 25.3 Å². The average molecular weight is 293 g/mol. The van der Waals surface area contributed by atoms with E-state index < -0.39 is 11.0 Å². The molecular weight excluding hydrogens is 274 g/mol. The number of piperidine rings is 1. The summed E-state index contributed by atoms with van der Waals surface area (Å²) in [6.45, 7) is 2.08. The molecule has 0 unspecified atom stereocenters. The lowest BCUT2D eigenvalue weighted by molar-refractivity contribution is -0.384. The van der Waals surface area contributed by atoms with E-state index in [0.717, 1.165) is 37.2 Å². The number of carbonyl (C=O) groups excluding carboxylic acids is 1. The molecule has 2 rings (SSSR count). The minimum Gasteiger partial charge on any atom is -0.453 e. The van der Waals surface area contributed by atoms with Crippen molar-refractivity contribution in [1.82, 2.24) is 5.32 Å². The van der Waals surface area contributed by atoms with Gasteiger partial charge in [-0.3, -0.25) is 10.1 Å². The van der Waals surface area contributed by atoms with E-state index in [1.165, 1.54) is 25.7 Å². The fourth-order valence-electron chi connectivity index (χ4n) is 2.51. The van der Waals surface area contributed by atoms with Crippen molar-refractivity contribution in [1.29, 1.82) is 0 Å². The third-order valence-electron chi connectivity index (χ3n) is 3.58. The van der Waals surface area contributed by atoms with Gasteiger partial charge in [0.2, 0.25) is 0 Å². The summed E-state index contributed by atoms with van der Waals surface area (Å²) in [6.07, 6.45) is 2.88. The zero-order valence-electron chi connectivity index (χ0n) is 12.0. The van der Waals surface area contributed by atoms with Crippen molar-refractivity contribution in [3.05, 3.63) is 33.9 Å². The second-order valence-corrected chi connectivity index (χ2v) is 4.96. The van der Waals surface area contributed by atoms with Crippen LogP contribution in [0.3, 0.4) is 0 Å². The van der Waals surface area contributed by atoms with Crippen LogP contribution in [0.4, 0.5) is 16.2 Å². The number of ether oxygens (including phenoxy) is 1. The number of non-ortho nitro benzene ring substituents is 1. The van der Waals surface area contributed by atoms with Gasteiger partial charge in [-0.15, -0.1) is 0 Å². The number of amides is 1. The summed E-state index contributed by atoms with van der Waals surface area (Å²) in [4.78, 5) is 23.9. The van der Waals surface area contributed by atoms with Crippen LogP contribution in [-0.2, 0) is 11.3 Å². The van der Waals surface area contributed by atoms with E-state index in [1.54, 1.807) is 6.07 Å². The maximum atomic E-state index is 11.2. The van der Waals surface area contributed by atoms with Gasteiger partial charge in [0.25, 0.3) is 5.69 Å². The lowest BCUT2D eigenvalue weighted by Crippen LogP contribution is -2.31. The number of nitro benzene ring substituents is 1. The molecule has 21 heavy (non-hydrogen) atoms. The van der Waals surface area contributed by atoms with Gasteiger partial charge in [0.1, 0.15) is 0 Å². The van der Waals surface area contributed by atoms with Gasteiger partial charge in [0.15, 0.2) is 0 Å².